The van der Waals surface area contributed by atoms with Crippen molar-refractivity contribution in [3.05, 3.63) is 76.7 Å². The number of allylic oxidation sites excluding steroid dienone is 2. The van der Waals surface area contributed by atoms with Crippen LogP contribution >= 0.6 is 17.6 Å². The van der Waals surface area contributed by atoms with Gasteiger partial charge in [0.1, 0.15) is 0 Å². The molecule has 0 radical (unpaired) electrons. The third-order valence-electron chi connectivity index (χ3n) is 7.30. The van der Waals surface area contributed by atoms with Crippen molar-refractivity contribution in [3.8, 4) is 0 Å². The summed E-state index contributed by atoms with van der Waals surface area (Å²) >= 11 is 0. The normalized spacial score (nSPS) is 22.4. The van der Waals surface area contributed by atoms with Crippen LogP contribution in [0.4, 0.5) is 10.5 Å². The van der Waals surface area contributed by atoms with Gasteiger partial charge in [0.05, 0.1) is 19.4 Å². The average Bonchev–Trinajstić information content (AvgIpc) is 2.92. The van der Waals surface area contributed by atoms with E-state index in [2.05, 4.69) is 17.4 Å². The van der Waals surface area contributed by atoms with Crippen LogP contribution in [0.25, 0.3) is 0 Å². The third kappa shape index (κ3) is 7.06. The Kier molecular flexibility index (Phi) is 10.1. The first-order chi connectivity index (χ1) is 18.4. The minimum atomic E-state index is -3.21. The molecule has 1 atom stereocenters. The molecule has 0 bridgehead atoms. The monoisotopic (exact) mass is 557 g/mol. The quantitative estimate of drug-likeness (QED) is 0.297. The lowest BCUT2D eigenvalue weighted by Gasteiger charge is -2.46. The molecule has 1 saturated carbocycles. The lowest BCUT2D eigenvalue weighted by Crippen LogP contribution is -2.32. The maximum Gasteiger partial charge on any atom is 0.335 e. The highest BCUT2D eigenvalue weighted by Gasteiger charge is 2.42. The Morgan fingerprint density at radius 3 is 2.24 bits per heavy atom. The van der Waals surface area contributed by atoms with Gasteiger partial charge in [-0.3, -0.25) is 14.2 Å². The Morgan fingerprint density at radius 1 is 0.947 bits per heavy atom. The van der Waals surface area contributed by atoms with Crippen LogP contribution in [0, 0.1) is 5.92 Å². The number of amides is 1. The highest BCUT2D eigenvalue weighted by atomic mass is 32.3. The molecule has 1 aliphatic carbocycles. The van der Waals surface area contributed by atoms with Crippen LogP contribution in [0.3, 0.4) is 0 Å². The van der Waals surface area contributed by atoms with Crippen LogP contribution < -0.4 is 5.32 Å². The molecule has 1 N–H and O–H groups in total. The standard InChI is InChI=1S/C30H40NO5PS/c1-3-35-37(34,36-4-2)22-24-15-17-27(18-16-24)31-30(33)38(23-25-11-7-5-8-12-25)20-19-28(32)21-29(38)26-13-9-6-10-14-26/h5,7-8,11-12,15-18,21,26H,3-4,6,9-10,13-14,19-20,22-23H2,1-2H3,(H,31,33). The molecular formula is C30H40NO5PS. The van der Waals surface area contributed by atoms with Crippen LogP contribution in [-0.4, -0.2) is 30.0 Å². The van der Waals surface area contributed by atoms with Gasteiger partial charge in [0.2, 0.25) is 0 Å². The second kappa shape index (κ2) is 13.3. The molecule has 1 aliphatic heterocycles. The van der Waals surface area contributed by atoms with Gasteiger partial charge in [-0.2, -0.15) is 0 Å². The van der Waals surface area contributed by atoms with Crippen molar-refractivity contribution < 1.29 is 23.2 Å². The zero-order valence-corrected chi connectivity index (χ0v) is 24.2. The van der Waals surface area contributed by atoms with Gasteiger partial charge >= 0.3 is 7.60 Å². The van der Waals surface area contributed by atoms with E-state index in [0.29, 0.717) is 42.7 Å². The third-order valence-corrected chi connectivity index (χ3v) is 13.2. The Labute approximate surface area is 228 Å². The summed E-state index contributed by atoms with van der Waals surface area (Å²) in [5.41, 5.74) is 2.65. The second-order valence-electron chi connectivity index (χ2n) is 10.0. The van der Waals surface area contributed by atoms with E-state index in [-0.39, 0.29) is 17.2 Å². The lowest BCUT2D eigenvalue weighted by molar-refractivity contribution is -0.114. The maximum atomic E-state index is 14.2. The van der Waals surface area contributed by atoms with Gasteiger partial charge in [0.25, 0.3) is 5.24 Å². The van der Waals surface area contributed by atoms with Crippen molar-refractivity contribution in [2.75, 3.05) is 24.3 Å². The minimum Gasteiger partial charge on any atom is -0.318 e. The van der Waals surface area contributed by atoms with E-state index in [9.17, 15) is 14.2 Å². The molecule has 6 nitrogen and oxygen atoms in total. The van der Waals surface area contributed by atoms with E-state index in [4.69, 9.17) is 9.05 Å². The highest BCUT2D eigenvalue weighted by Crippen LogP contribution is 2.65. The van der Waals surface area contributed by atoms with Crippen LogP contribution in [0.15, 0.2) is 65.6 Å². The van der Waals surface area contributed by atoms with Crippen molar-refractivity contribution in [2.45, 2.75) is 64.3 Å². The first-order valence-electron chi connectivity index (χ1n) is 13.7. The Balaban J connectivity index is 1.60. The van der Waals surface area contributed by atoms with Gasteiger partial charge in [-0.15, -0.1) is 10.0 Å². The summed E-state index contributed by atoms with van der Waals surface area (Å²) in [4.78, 5) is 28.0. The van der Waals surface area contributed by atoms with E-state index in [1.165, 1.54) is 6.42 Å². The molecule has 2 aromatic carbocycles. The topological polar surface area (TPSA) is 81.7 Å². The summed E-state index contributed by atoms with van der Waals surface area (Å²) in [6.45, 7) is 4.23. The van der Waals surface area contributed by atoms with Crippen LogP contribution in [0.2, 0.25) is 0 Å². The SMILES string of the molecule is CCOP(=O)(Cc1ccc(NC(=O)S2(Cc3ccccc3)CCC(=O)C=C2C2CCCCC2)cc1)OCC. The molecule has 2 aromatic rings. The number of hydrogen-bond acceptors (Lipinski definition) is 5. The number of carbonyl (C=O) groups excluding carboxylic acids is 2. The molecule has 1 unspecified atom stereocenters. The molecule has 0 aromatic heterocycles. The van der Waals surface area contributed by atoms with E-state index in [1.807, 2.05) is 48.5 Å². The fourth-order valence-electron chi connectivity index (χ4n) is 5.49. The van der Waals surface area contributed by atoms with Crippen molar-refractivity contribution in [1.29, 1.82) is 0 Å². The van der Waals surface area contributed by atoms with Crippen LogP contribution in [0.5, 0.6) is 0 Å². The number of anilines is 1. The number of carbonyl (C=O) groups is 2. The Bertz CT molecular complexity index is 1170. The minimum absolute atomic E-state index is 0.0210. The number of benzene rings is 2. The number of ketones is 1. The van der Waals surface area contributed by atoms with Crippen molar-refractivity contribution in [1.82, 2.24) is 0 Å². The van der Waals surface area contributed by atoms with Crippen LogP contribution in [0.1, 0.15) is 63.5 Å². The second-order valence-corrected chi connectivity index (χ2v) is 15.4. The van der Waals surface area contributed by atoms with Gasteiger partial charge < -0.3 is 14.4 Å². The van der Waals surface area contributed by atoms with Gasteiger partial charge in [0, 0.05) is 17.9 Å². The first-order valence-corrected chi connectivity index (χ1v) is 17.4. The van der Waals surface area contributed by atoms with Gasteiger partial charge in [-0.05, 0) is 72.6 Å². The molecular weight excluding hydrogens is 517 g/mol. The predicted octanol–water partition coefficient (Wildman–Crippen LogP) is 8.43. The zero-order valence-electron chi connectivity index (χ0n) is 22.5. The summed E-state index contributed by atoms with van der Waals surface area (Å²) < 4.78 is 23.8. The summed E-state index contributed by atoms with van der Waals surface area (Å²) in [5.74, 6) is 1.69. The molecule has 2 aliphatic rings. The fraction of sp³-hybridized carbons (Fsp3) is 0.467. The molecule has 38 heavy (non-hydrogen) atoms. The van der Waals surface area contributed by atoms with Gasteiger partial charge in [-0.1, -0.05) is 61.7 Å². The van der Waals surface area contributed by atoms with Crippen LogP contribution in [-0.2, 0) is 30.3 Å². The Morgan fingerprint density at radius 2 is 1.61 bits per heavy atom. The molecule has 4 rings (SSSR count). The largest absolute Gasteiger partial charge is 0.335 e. The average molecular weight is 558 g/mol. The summed E-state index contributed by atoms with van der Waals surface area (Å²) in [5, 5.41) is 3.23. The molecule has 1 amide bonds. The smallest absolute Gasteiger partial charge is 0.318 e. The maximum absolute atomic E-state index is 14.2. The number of hydrogen-bond donors (Lipinski definition) is 1. The van der Waals surface area contributed by atoms with Crippen molar-refractivity contribution in [2.24, 2.45) is 5.92 Å². The predicted molar refractivity (Wildman–Crippen MR) is 157 cm³/mol. The van der Waals surface area contributed by atoms with E-state index >= 15 is 0 Å². The zero-order chi connectivity index (χ0) is 27.0. The molecule has 8 heteroatoms. The first kappa shape index (κ1) is 28.8. The van der Waals surface area contributed by atoms with E-state index < -0.39 is 17.6 Å². The Hall–Kier alpha value is -2.18. The fourth-order valence-corrected chi connectivity index (χ4v) is 11.1. The van der Waals surface area contributed by atoms with Crippen molar-refractivity contribution in [3.63, 3.8) is 0 Å². The molecule has 1 heterocycles. The van der Waals surface area contributed by atoms with E-state index in [1.54, 1.807) is 13.8 Å². The molecule has 206 valence electrons. The lowest BCUT2D eigenvalue weighted by atomic mass is 9.88. The van der Waals surface area contributed by atoms with Crippen molar-refractivity contribution >= 4 is 34.3 Å². The highest BCUT2D eigenvalue weighted by molar-refractivity contribution is 8.47. The number of nitrogens with one attached hydrogen (secondary N) is 1. The molecule has 0 spiro atoms. The molecule has 0 saturated heterocycles. The van der Waals surface area contributed by atoms with Gasteiger partial charge in [-0.25, -0.2) is 0 Å². The summed E-state index contributed by atoms with van der Waals surface area (Å²) in [7, 11) is -5.16. The number of rotatable bonds is 10. The summed E-state index contributed by atoms with van der Waals surface area (Å²) in [6, 6.07) is 17.6. The van der Waals surface area contributed by atoms with E-state index in [0.717, 1.165) is 41.7 Å². The van der Waals surface area contributed by atoms with Gasteiger partial charge in [0.15, 0.2) is 5.78 Å². The molecule has 1 fully saturated rings. The summed E-state index contributed by atoms with van der Waals surface area (Å²) in [6.07, 6.45) is 8.03.